The van der Waals surface area contributed by atoms with E-state index >= 15 is 0 Å². The molecule has 5 nitrogen and oxygen atoms in total. The second-order valence-corrected chi connectivity index (χ2v) is 7.57. The molecule has 1 N–H and O–H groups in total. The maximum absolute atomic E-state index is 13.7. The van der Waals surface area contributed by atoms with Gasteiger partial charge in [-0.3, -0.25) is 9.36 Å². The van der Waals surface area contributed by atoms with E-state index in [2.05, 4.69) is 17.2 Å². The summed E-state index contributed by atoms with van der Waals surface area (Å²) in [5.41, 5.74) is 2.88. The van der Waals surface area contributed by atoms with Crippen LogP contribution in [-0.2, 0) is 12.6 Å². The molecule has 170 valence electrons. The van der Waals surface area contributed by atoms with Gasteiger partial charge in [-0.05, 0) is 60.5 Å². The van der Waals surface area contributed by atoms with Crippen LogP contribution >= 0.6 is 0 Å². The molecule has 0 aliphatic rings. The van der Waals surface area contributed by atoms with E-state index in [4.69, 9.17) is 4.74 Å². The molecule has 4 rings (SSSR count). The van der Waals surface area contributed by atoms with Gasteiger partial charge in [0.05, 0.1) is 18.1 Å². The van der Waals surface area contributed by atoms with Gasteiger partial charge in [0.1, 0.15) is 5.75 Å². The number of aryl methyl sites for hydroxylation is 1. The van der Waals surface area contributed by atoms with E-state index in [-0.39, 0.29) is 17.1 Å². The van der Waals surface area contributed by atoms with Crippen LogP contribution in [0.1, 0.15) is 35.1 Å². The number of rotatable bonds is 6. The summed E-state index contributed by atoms with van der Waals surface area (Å²) in [4.78, 5) is 16.3. The molecular formula is C25H22F3N3O2. The number of alkyl halides is 3. The lowest BCUT2D eigenvalue weighted by Crippen LogP contribution is -2.14. The van der Waals surface area contributed by atoms with Crippen molar-refractivity contribution in [2.45, 2.75) is 25.9 Å². The number of aromatic nitrogens is 2. The van der Waals surface area contributed by atoms with Crippen LogP contribution in [0.5, 0.6) is 5.75 Å². The zero-order chi connectivity index (χ0) is 23.6. The Kier molecular flexibility index (Phi) is 6.09. The number of fused-ring (bicyclic) bond motifs is 1. The first kappa shape index (κ1) is 22.4. The van der Waals surface area contributed by atoms with Crippen molar-refractivity contribution in [3.63, 3.8) is 0 Å². The molecule has 0 atom stereocenters. The van der Waals surface area contributed by atoms with Gasteiger partial charge >= 0.3 is 6.18 Å². The number of carbonyl (C=O) groups is 1. The molecule has 0 aliphatic heterocycles. The van der Waals surface area contributed by atoms with E-state index in [1.807, 2.05) is 12.1 Å². The minimum atomic E-state index is -4.65. The topological polar surface area (TPSA) is 56.2 Å². The molecule has 0 spiro atoms. The maximum Gasteiger partial charge on any atom is 0.450 e. The highest BCUT2D eigenvalue weighted by molar-refractivity contribution is 6.04. The SMILES string of the molecule is CCCc1ccc(C(=O)Nc2ccc(-n3c(C(F)(F)F)nc4cc(OC)ccc43)cc2)cc1. The van der Waals surface area contributed by atoms with E-state index in [9.17, 15) is 18.0 Å². The third kappa shape index (κ3) is 4.69. The van der Waals surface area contributed by atoms with Gasteiger partial charge in [0.2, 0.25) is 5.82 Å². The Bertz CT molecular complexity index is 1280. The van der Waals surface area contributed by atoms with Crippen molar-refractivity contribution in [3.8, 4) is 11.4 Å². The van der Waals surface area contributed by atoms with Crippen LogP contribution < -0.4 is 10.1 Å². The third-order valence-electron chi connectivity index (χ3n) is 5.25. The lowest BCUT2D eigenvalue weighted by atomic mass is 10.1. The van der Waals surface area contributed by atoms with Crippen molar-refractivity contribution in [2.75, 3.05) is 12.4 Å². The van der Waals surface area contributed by atoms with Crippen molar-refractivity contribution in [3.05, 3.63) is 83.7 Å². The highest BCUT2D eigenvalue weighted by atomic mass is 19.4. The molecule has 3 aromatic carbocycles. The molecule has 0 bridgehead atoms. The molecule has 0 saturated carbocycles. The molecule has 1 aromatic heterocycles. The van der Waals surface area contributed by atoms with Crippen LogP contribution in [0.3, 0.4) is 0 Å². The van der Waals surface area contributed by atoms with Gasteiger partial charge in [-0.1, -0.05) is 25.5 Å². The first-order valence-corrected chi connectivity index (χ1v) is 10.4. The smallest absolute Gasteiger partial charge is 0.450 e. The number of amides is 1. The average Bonchev–Trinajstić information content (AvgIpc) is 3.19. The number of nitrogens with one attached hydrogen (secondary N) is 1. The Hall–Kier alpha value is -3.81. The number of imidazole rings is 1. The van der Waals surface area contributed by atoms with Gasteiger partial charge in [-0.15, -0.1) is 0 Å². The summed E-state index contributed by atoms with van der Waals surface area (Å²) in [5.74, 6) is -0.904. The molecule has 0 radical (unpaired) electrons. The fourth-order valence-corrected chi connectivity index (χ4v) is 3.65. The second kappa shape index (κ2) is 8.97. The number of hydrogen-bond acceptors (Lipinski definition) is 3. The van der Waals surface area contributed by atoms with E-state index in [1.165, 1.54) is 31.4 Å². The lowest BCUT2D eigenvalue weighted by Gasteiger charge is -2.13. The van der Waals surface area contributed by atoms with E-state index in [0.29, 0.717) is 22.5 Å². The molecule has 1 heterocycles. The molecule has 0 unspecified atom stereocenters. The number of hydrogen-bond donors (Lipinski definition) is 1. The van der Waals surface area contributed by atoms with E-state index in [1.54, 1.807) is 30.3 Å². The van der Waals surface area contributed by atoms with Crippen molar-refractivity contribution in [2.24, 2.45) is 0 Å². The minimum absolute atomic E-state index is 0.172. The number of benzene rings is 3. The fraction of sp³-hybridized carbons (Fsp3) is 0.200. The van der Waals surface area contributed by atoms with Crippen molar-refractivity contribution < 1.29 is 22.7 Å². The molecular weight excluding hydrogens is 431 g/mol. The zero-order valence-electron chi connectivity index (χ0n) is 18.1. The van der Waals surface area contributed by atoms with Gasteiger partial charge in [0, 0.05) is 23.0 Å². The standard InChI is InChI=1S/C25H22F3N3O2/c1-3-4-16-5-7-17(8-6-16)23(32)29-18-9-11-19(12-10-18)31-22-14-13-20(33-2)15-21(22)30-24(31)25(26,27)28/h5-15H,3-4H2,1-2H3,(H,29,32). The number of carbonyl (C=O) groups excluding carboxylic acids is 1. The summed E-state index contributed by atoms with van der Waals surface area (Å²) in [7, 11) is 1.44. The van der Waals surface area contributed by atoms with Gasteiger partial charge in [-0.2, -0.15) is 13.2 Å². The van der Waals surface area contributed by atoms with Crippen molar-refractivity contribution in [1.29, 1.82) is 0 Å². The fourth-order valence-electron chi connectivity index (χ4n) is 3.65. The molecule has 0 saturated heterocycles. The van der Waals surface area contributed by atoms with Crippen LogP contribution in [0.2, 0.25) is 0 Å². The van der Waals surface area contributed by atoms with Crippen LogP contribution in [0, 0.1) is 0 Å². The van der Waals surface area contributed by atoms with Crippen LogP contribution in [0.25, 0.3) is 16.7 Å². The summed E-state index contributed by atoms with van der Waals surface area (Å²) in [6.45, 7) is 2.09. The molecule has 8 heteroatoms. The Labute approximate surface area is 188 Å². The third-order valence-corrected chi connectivity index (χ3v) is 5.25. The number of methoxy groups -OCH3 is 1. The largest absolute Gasteiger partial charge is 0.497 e. The summed E-state index contributed by atoms with van der Waals surface area (Å²) in [6, 6.07) is 18.1. The molecule has 1 amide bonds. The lowest BCUT2D eigenvalue weighted by molar-refractivity contribution is -0.145. The van der Waals surface area contributed by atoms with Crippen LogP contribution in [0.4, 0.5) is 18.9 Å². The molecule has 33 heavy (non-hydrogen) atoms. The quantitative estimate of drug-likeness (QED) is 0.375. The monoisotopic (exact) mass is 453 g/mol. The highest BCUT2D eigenvalue weighted by Gasteiger charge is 2.38. The Balaban J connectivity index is 1.62. The number of anilines is 1. The highest BCUT2D eigenvalue weighted by Crippen LogP contribution is 2.35. The van der Waals surface area contributed by atoms with Crippen LogP contribution in [0.15, 0.2) is 66.7 Å². The van der Waals surface area contributed by atoms with E-state index in [0.717, 1.165) is 23.0 Å². The number of nitrogens with zero attached hydrogens (tertiary/aromatic N) is 2. The maximum atomic E-state index is 13.7. The Morgan fingerprint density at radius 1 is 1.03 bits per heavy atom. The van der Waals surface area contributed by atoms with Gasteiger partial charge in [0.25, 0.3) is 5.91 Å². The molecule has 4 aromatic rings. The van der Waals surface area contributed by atoms with Gasteiger partial charge in [0.15, 0.2) is 0 Å². The first-order valence-electron chi connectivity index (χ1n) is 10.4. The normalized spacial score (nSPS) is 11.5. The summed E-state index contributed by atoms with van der Waals surface area (Å²) in [5, 5.41) is 2.78. The second-order valence-electron chi connectivity index (χ2n) is 7.57. The Morgan fingerprint density at radius 2 is 1.73 bits per heavy atom. The predicted molar refractivity (Wildman–Crippen MR) is 121 cm³/mol. The summed E-state index contributed by atoms with van der Waals surface area (Å²) >= 11 is 0. The van der Waals surface area contributed by atoms with Crippen molar-refractivity contribution >= 4 is 22.6 Å². The van der Waals surface area contributed by atoms with Crippen molar-refractivity contribution in [1.82, 2.24) is 9.55 Å². The predicted octanol–water partition coefficient (Wildman–Crippen LogP) is 6.26. The minimum Gasteiger partial charge on any atom is -0.497 e. The summed E-state index contributed by atoms with van der Waals surface area (Å²) < 4.78 is 47.2. The van der Waals surface area contributed by atoms with Gasteiger partial charge < -0.3 is 10.1 Å². The number of ether oxygens (including phenoxy) is 1. The van der Waals surface area contributed by atoms with E-state index < -0.39 is 12.0 Å². The Morgan fingerprint density at radius 3 is 2.33 bits per heavy atom. The van der Waals surface area contributed by atoms with Crippen LogP contribution in [-0.4, -0.2) is 22.6 Å². The van der Waals surface area contributed by atoms with Gasteiger partial charge in [-0.25, -0.2) is 4.98 Å². The summed E-state index contributed by atoms with van der Waals surface area (Å²) in [6.07, 6.45) is -2.68. The molecule has 0 aliphatic carbocycles. The zero-order valence-corrected chi connectivity index (χ0v) is 18.1. The number of halogens is 3. The molecule has 0 fully saturated rings. The average molecular weight is 453 g/mol. The first-order chi connectivity index (χ1) is 15.8.